The van der Waals surface area contributed by atoms with E-state index in [0.717, 1.165) is 42.5 Å². The Labute approximate surface area is 151 Å². The molecule has 0 spiro atoms. The zero-order valence-electron chi connectivity index (χ0n) is 14.7. The van der Waals surface area contributed by atoms with Gasteiger partial charge in [0.2, 0.25) is 0 Å². The molecule has 3 heterocycles. The molecule has 1 fully saturated rings. The molecule has 26 heavy (non-hydrogen) atoms. The summed E-state index contributed by atoms with van der Waals surface area (Å²) in [5.41, 5.74) is 2.69. The number of aromatic nitrogens is 3. The van der Waals surface area contributed by atoms with Gasteiger partial charge in [0, 0.05) is 29.7 Å². The number of amides is 1. The third kappa shape index (κ3) is 2.97. The standard InChI is InChI=1S/C20H22N4O2/c25-14-20(8-2-3-9-20)13-22-19(26)18-23-17(15-6-10-21-11-7-15)16-5-1-4-12-24(16)18/h1,4-7,10-12,25H,2-3,8-9,13-14H2,(H,22,26)/p+2. The molecule has 4 N–H and O–H groups in total. The van der Waals surface area contributed by atoms with Crippen molar-refractivity contribution in [1.29, 1.82) is 0 Å². The summed E-state index contributed by atoms with van der Waals surface area (Å²) in [5.74, 6) is 0.342. The topological polar surface area (TPSA) is 83.4 Å². The molecule has 134 valence electrons. The van der Waals surface area contributed by atoms with Crippen LogP contribution in [-0.2, 0) is 0 Å². The molecule has 3 aromatic heterocycles. The highest BCUT2D eigenvalue weighted by Gasteiger charge is 2.35. The third-order valence-corrected chi connectivity index (χ3v) is 5.45. The lowest BCUT2D eigenvalue weighted by Gasteiger charge is -2.25. The van der Waals surface area contributed by atoms with Crippen molar-refractivity contribution < 1.29 is 19.3 Å². The molecule has 1 aliphatic rings. The average molecular weight is 352 g/mol. The molecule has 6 heteroatoms. The predicted octanol–water partition coefficient (Wildman–Crippen LogP) is 1.52. The van der Waals surface area contributed by atoms with E-state index in [2.05, 4.69) is 15.3 Å². The van der Waals surface area contributed by atoms with E-state index in [1.807, 2.05) is 53.3 Å². The fourth-order valence-electron chi connectivity index (χ4n) is 3.89. The molecule has 0 atom stereocenters. The fourth-order valence-corrected chi connectivity index (χ4v) is 3.89. The molecule has 0 unspecified atom stereocenters. The van der Waals surface area contributed by atoms with E-state index < -0.39 is 0 Å². The summed E-state index contributed by atoms with van der Waals surface area (Å²) in [4.78, 5) is 19.2. The van der Waals surface area contributed by atoms with Gasteiger partial charge >= 0.3 is 11.7 Å². The minimum atomic E-state index is -0.166. The smallest absolute Gasteiger partial charge is 0.351 e. The highest BCUT2D eigenvalue weighted by Crippen LogP contribution is 2.36. The number of fused-ring (bicyclic) bond motifs is 1. The minimum Gasteiger partial charge on any atom is -0.396 e. The number of pyridine rings is 2. The number of carbonyl (C=O) groups is 1. The lowest BCUT2D eigenvalue weighted by Crippen LogP contribution is -2.41. The average Bonchev–Trinajstić information content (AvgIpc) is 3.32. The molecule has 1 saturated carbocycles. The van der Waals surface area contributed by atoms with E-state index in [1.165, 1.54) is 0 Å². The highest BCUT2D eigenvalue weighted by molar-refractivity contribution is 5.91. The van der Waals surface area contributed by atoms with Crippen LogP contribution < -0.4 is 14.7 Å². The molecule has 0 bridgehead atoms. The number of nitrogens with zero attached hydrogens (tertiary/aromatic N) is 1. The second-order valence-electron chi connectivity index (χ2n) is 7.14. The number of hydrogen-bond donors (Lipinski definition) is 3. The predicted molar refractivity (Wildman–Crippen MR) is 96.3 cm³/mol. The summed E-state index contributed by atoms with van der Waals surface area (Å²) in [7, 11) is 0. The highest BCUT2D eigenvalue weighted by atomic mass is 16.3. The van der Waals surface area contributed by atoms with Crippen LogP contribution in [0.15, 0.2) is 48.9 Å². The van der Waals surface area contributed by atoms with Gasteiger partial charge in [0.05, 0.1) is 12.8 Å². The molecule has 0 radical (unpaired) electrons. The Hall–Kier alpha value is -2.73. The van der Waals surface area contributed by atoms with Gasteiger partial charge in [-0.25, -0.2) is 9.97 Å². The van der Waals surface area contributed by atoms with Gasteiger partial charge < -0.3 is 10.4 Å². The van der Waals surface area contributed by atoms with Crippen molar-refractivity contribution in [2.45, 2.75) is 25.7 Å². The number of nitrogens with one attached hydrogen (secondary N) is 3. The number of carbonyl (C=O) groups excluding carboxylic acids is 1. The second kappa shape index (κ2) is 6.88. The first-order valence-corrected chi connectivity index (χ1v) is 9.10. The number of H-pyrrole nitrogens is 2. The van der Waals surface area contributed by atoms with Crippen molar-refractivity contribution in [2.75, 3.05) is 13.2 Å². The van der Waals surface area contributed by atoms with Gasteiger partial charge in [-0.2, -0.15) is 4.40 Å². The Kier molecular flexibility index (Phi) is 4.42. The van der Waals surface area contributed by atoms with Crippen molar-refractivity contribution in [2.24, 2.45) is 5.41 Å². The Morgan fingerprint density at radius 1 is 1.23 bits per heavy atom. The maximum Gasteiger partial charge on any atom is 0.351 e. The van der Waals surface area contributed by atoms with Crippen LogP contribution in [0.5, 0.6) is 0 Å². The lowest BCUT2D eigenvalue weighted by molar-refractivity contribution is -0.513. The maximum atomic E-state index is 12.9. The molecule has 1 aliphatic carbocycles. The molecule has 4 rings (SSSR count). The van der Waals surface area contributed by atoms with Crippen LogP contribution in [0.4, 0.5) is 0 Å². The number of imidazole rings is 1. The second-order valence-corrected chi connectivity index (χ2v) is 7.14. The quantitative estimate of drug-likeness (QED) is 0.608. The summed E-state index contributed by atoms with van der Waals surface area (Å²) in [6.07, 6.45) is 9.78. The zero-order chi connectivity index (χ0) is 18.0. The van der Waals surface area contributed by atoms with Crippen LogP contribution in [0.3, 0.4) is 0 Å². The van der Waals surface area contributed by atoms with Gasteiger partial charge in [-0.3, -0.25) is 4.79 Å². The van der Waals surface area contributed by atoms with Crippen molar-refractivity contribution in [3.8, 4) is 11.3 Å². The van der Waals surface area contributed by atoms with Crippen molar-refractivity contribution in [3.05, 3.63) is 54.7 Å². The van der Waals surface area contributed by atoms with Gasteiger partial charge in [0.25, 0.3) is 0 Å². The molecule has 0 aromatic carbocycles. The maximum absolute atomic E-state index is 12.9. The Balaban J connectivity index is 1.65. The molecular weight excluding hydrogens is 328 g/mol. The van der Waals surface area contributed by atoms with E-state index in [0.29, 0.717) is 12.4 Å². The van der Waals surface area contributed by atoms with Crippen LogP contribution in [0.2, 0.25) is 0 Å². The molecule has 6 nitrogen and oxygen atoms in total. The summed E-state index contributed by atoms with van der Waals surface area (Å²) in [6, 6.07) is 9.81. The van der Waals surface area contributed by atoms with Gasteiger partial charge in [0.1, 0.15) is 0 Å². The summed E-state index contributed by atoms with van der Waals surface area (Å²) < 4.78 is 1.88. The molecule has 3 aromatic rings. The van der Waals surface area contributed by atoms with E-state index in [1.54, 1.807) is 0 Å². The molecule has 1 amide bonds. The van der Waals surface area contributed by atoms with Crippen LogP contribution >= 0.6 is 0 Å². The van der Waals surface area contributed by atoms with E-state index >= 15 is 0 Å². The first-order valence-electron chi connectivity index (χ1n) is 9.10. The van der Waals surface area contributed by atoms with Crippen LogP contribution in [0.25, 0.3) is 16.8 Å². The molecule has 0 aliphatic heterocycles. The van der Waals surface area contributed by atoms with E-state index in [-0.39, 0.29) is 17.9 Å². The largest absolute Gasteiger partial charge is 0.396 e. The van der Waals surface area contributed by atoms with E-state index in [4.69, 9.17) is 0 Å². The number of aliphatic hydroxyl groups is 1. The molecular formula is C20H24N4O2+2. The van der Waals surface area contributed by atoms with Crippen molar-refractivity contribution in [3.63, 3.8) is 0 Å². The van der Waals surface area contributed by atoms with Crippen molar-refractivity contribution in [1.82, 2.24) is 10.3 Å². The van der Waals surface area contributed by atoms with Gasteiger partial charge in [-0.15, -0.1) is 0 Å². The van der Waals surface area contributed by atoms with Gasteiger partial charge in [-0.05, 0) is 25.0 Å². The number of hydrogen-bond acceptors (Lipinski definition) is 2. The molecule has 0 saturated heterocycles. The van der Waals surface area contributed by atoms with Crippen LogP contribution in [0.1, 0.15) is 36.3 Å². The fraction of sp³-hybridized carbons (Fsp3) is 0.350. The van der Waals surface area contributed by atoms with Crippen LogP contribution in [0, 0.1) is 5.41 Å². The monoisotopic (exact) mass is 352 g/mol. The Morgan fingerprint density at radius 2 is 2.00 bits per heavy atom. The summed E-state index contributed by atoms with van der Waals surface area (Å²) in [5, 5.41) is 12.8. The summed E-state index contributed by atoms with van der Waals surface area (Å²) in [6.45, 7) is 0.629. The SMILES string of the molecule is O=C(NCC1(CO)CCCC1)c1[nH]c(-c2cc[nH+]cc2)c2cccc[n+]12. The Bertz CT molecular complexity index is 914. The number of rotatable bonds is 5. The van der Waals surface area contributed by atoms with Crippen LogP contribution in [-0.4, -0.2) is 29.1 Å². The summed E-state index contributed by atoms with van der Waals surface area (Å²) >= 11 is 0. The normalized spacial score (nSPS) is 16.0. The Morgan fingerprint density at radius 3 is 2.73 bits per heavy atom. The third-order valence-electron chi connectivity index (χ3n) is 5.45. The van der Waals surface area contributed by atoms with E-state index in [9.17, 15) is 9.90 Å². The first kappa shape index (κ1) is 16.7. The number of aliphatic hydroxyl groups excluding tert-OH is 1. The van der Waals surface area contributed by atoms with Crippen molar-refractivity contribution >= 4 is 11.4 Å². The lowest BCUT2D eigenvalue weighted by atomic mass is 9.87. The minimum absolute atomic E-state index is 0.123. The first-order chi connectivity index (χ1) is 12.7. The number of aromatic amines is 2. The van der Waals surface area contributed by atoms with Gasteiger partial charge in [0.15, 0.2) is 23.6 Å². The zero-order valence-corrected chi connectivity index (χ0v) is 14.7. The van der Waals surface area contributed by atoms with Gasteiger partial charge in [-0.1, -0.05) is 18.9 Å².